The van der Waals surface area contributed by atoms with Crippen LogP contribution in [-0.4, -0.2) is 43.3 Å². The van der Waals surface area contributed by atoms with E-state index >= 15 is 4.39 Å². The molecule has 0 saturated carbocycles. The van der Waals surface area contributed by atoms with Crippen LogP contribution in [0.25, 0.3) is 0 Å². The van der Waals surface area contributed by atoms with Gasteiger partial charge in [0.25, 0.3) is 0 Å². The van der Waals surface area contributed by atoms with E-state index in [1.54, 1.807) is 6.07 Å². The van der Waals surface area contributed by atoms with Crippen LogP contribution in [0.15, 0.2) is 30.3 Å². The molecule has 0 bridgehead atoms. The molecule has 1 aromatic carbocycles. The van der Waals surface area contributed by atoms with Gasteiger partial charge in [-0.1, -0.05) is 30.3 Å². The number of carbonyl (C=O) groups excluding carboxylic acids is 2. The minimum absolute atomic E-state index is 0.118. The Hall–Kier alpha value is -2.51. The fourth-order valence-electron chi connectivity index (χ4n) is 1.96. The number of carbonyl (C=O) groups is 2. The van der Waals surface area contributed by atoms with Crippen LogP contribution in [0.2, 0.25) is 0 Å². The molecule has 0 amide bonds. The standard InChI is InChI=1S/C13H14FNO6/c1-20-11(16)13(14,12(17)21-2)10(8-15(18)19)9-6-4-3-5-7-9/h3-7,10H,8H2,1-2H3/t10-/m1/s1. The summed E-state index contributed by atoms with van der Waals surface area (Å²) in [5, 5.41) is 10.8. The van der Waals surface area contributed by atoms with Crippen molar-refractivity contribution < 1.29 is 28.4 Å². The molecule has 0 N–H and O–H groups in total. The Morgan fingerprint density at radius 1 is 1.24 bits per heavy atom. The van der Waals surface area contributed by atoms with E-state index in [-0.39, 0.29) is 5.56 Å². The molecule has 1 rings (SSSR count). The molecule has 8 heteroatoms. The zero-order valence-electron chi connectivity index (χ0n) is 11.4. The van der Waals surface area contributed by atoms with Crippen LogP contribution in [0, 0.1) is 10.1 Å². The van der Waals surface area contributed by atoms with Crippen LogP contribution in [0.1, 0.15) is 11.5 Å². The maximum atomic E-state index is 15.0. The highest BCUT2D eigenvalue weighted by atomic mass is 19.1. The first-order valence-electron chi connectivity index (χ1n) is 5.90. The van der Waals surface area contributed by atoms with Crippen molar-refractivity contribution in [2.75, 3.05) is 20.8 Å². The lowest BCUT2D eigenvalue weighted by Crippen LogP contribution is -2.51. The first-order chi connectivity index (χ1) is 9.87. The van der Waals surface area contributed by atoms with Gasteiger partial charge in [0.1, 0.15) is 5.92 Å². The van der Waals surface area contributed by atoms with E-state index < -0.39 is 35.0 Å². The van der Waals surface area contributed by atoms with Gasteiger partial charge in [-0.3, -0.25) is 10.1 Å². The van der Waals surface area contributed by atoms with E-state index in [4.69, 9.17) is 0 Å². The lowest BCUT2D eigenvalue weighted by Gasteiger charge is -2.26. The first-order valence-corrected chi connectivity index (χ1v) is 5.90. The van der Waals surface area contributed by atoms with Gasteiger partial charge >= 0.3 is 17.6 Å². The van der Waals surface area contributed by atoms with E-state index in [1.165, 1.54) is 24.3 Å². The minimum Gasteiger partial charge on any atom is -0.466 e. The van der Waals surface area contributed by atoms with E-state index in [0.717, 1.165) is 14.2 Å². The number of nitro groups is 1. The summed E-state index contributed by atoms with van der Waals surface area (Å²) >= 11 is 0. The van der Waals surface area contributed by atoms with Crippen LogP contribution >= 0.6 is 0 Å². The number of esters is 2. The third kappa shape index (κ3) is 3.33. The normalized spacial score (nSPS) is 12.3. The molecule has 7 nitrogen and oxygen atoms in total. The molecular weight excluding hydrogens is 285 g/mol. The van der Waals surface area contributed by atoms with Gasteiger partial charge < -0.3 is 9.47 Å². The van der Waals surface area contributed by atoms with Gasteiger partial charge in [-0.25, -0.2) is 14.0 Å². The largest absolute Gasteiger partial charge is 0.466 e. The van der Waals surface area contributed by atoms with Crippen LogP contribution < -0.4 is 0 Å². The zero-order valence-corrected chi connectivity index (χ0v) is 11.4. The average molecular weight is 299 g/mol. The highest BCUT2D eigenvalue weighted by molar-refractivity contribution is 6.04. The molecule has 0 saturated heterocycles. The second kappa shape index (κ2) is 6.78. The molecule has 1 aromatic rings. The third-order valence-electron chi connectivity index (χ3n) is 2.98. The highest BCUT2D eigenvalue weighted by Crippen LogP contribution is 2.34. The number of nitrogens with zero attached hydrogens (tertiary/aromatic N) is 1. The average Bonchev–Trinajstić information content (AvgIpc) is 2.50. The topological polar surface area (TPSA) is 95.7 Å². The minimum atomic E-state index is -3.29. The van der Waals surface area contributed by atoms with E-state index in [1.807, 2.05) is 0 Å². The second-order valence-electron chi connectivity index (χ2n) is 4.17. The first kappa shape index (κ1) is 16.5. The van der Waals surface area contributed by atoms with Crippen molar-refractivity contribution in [1.82, 2.24) is 0 Å². The van der Waals surface area contributed by atoms with Gasteiger partial charge in [0.15, 0.2) is 0 Å². The van der Waals surface area contributed by atoms with Crippen molar-refractivity contribution in [2.24, 2.45) is 0 Å². The maximum Gasteiger partial charge on any atom is 0.356 e. The molecule has 0 aliphatic rings. The van der Waals surface area contributed by atoms with Crippen molar-refractivity contribution in [1.29, 1.82) is 0 Å². The van der Waals surface area contributed by atoms with Gasteiger partial charge in [-0.15, -0.1) is 0 Å². The number of hydrogen-bond acceptors (Lipinski definition) is 6. The Bertz CT molecular complexity index is 517. The molecule has 114 valence electrons. The Labute approximate surface area is 119 Å². The number of hydrogen-bond donors (Lipinski definition) is 0. The summed E-state index contributed by atoms with van der Waals surface area (Å²) in [6.45, 7) is -0.968. The lowest BCUT2D eigenvalue weighted by molar-refractivity contribution is -0.485. The predicted molar refractivity (Wildman–Crippen MR) is 68.9 cm³/mol. The number of ether oxygens (including phenoxy) is 2. The lowest BCUT2D eigenvalue weighted by atomic mass is 9.83. The molecule has 0 radical (unpaired) electrons. The molecular formula is C13H14FNO6. The summed E-state index contributed by atoms with van der Waals surface area (Å²) in [6.07, 6.45) is 0. The SMILES string of the molecule is COC(=O)C(F)(C(=O)OC)[C@H](C[N+](=O)[O-])c1ccccc1. The van der Waals surface area contributed by atoms with Gasteiger partial charge in [-0.2, -0.15) is 0 Å². The molecule has 21 heavy (non-hydrogen) atoms. The van der Waals surface area contributed by atoms with Gasteiger partial charge in [0.2, 0.25) is 6.54 Å². The second-order valence-corrected chi connectivity index (χ2v) is 4.17. The van der Waals surface area contributed by atoms with Gasteiger partial charge in [-0.05, 0) is 5.56 Å². The number of rotatable bonds is 6. The van der Waals surface area contributed by atoms with Crippen LogP contribution in [0.5, 0.6) is 0 Å². The van der Waals surface area contributed by atoms with Crippen molar-refractivity contribution in [2.45, 2.75) is 11.6 Å². The Morgan fingerprint density at radius 2 is 1.71 bits per heavy atom. The van der Waals surface area contributed by atoms with Gasteiger partial charge in [0.05, 0.1) is 14.2 Å². The van der Waals surface area contributed by atoms with Gasteiger partial charge in [0, 0.05) is 4.92 Å². The number of benzene rings is 1. The monoisotopic (exact) mass is 299 g/mol. The number of halogens is 1. The van der Waals surface area contributed by atoms with Crippen LogP contribution in [-0.2, 0) is 19.1 Å². The fraction of sp³-hybridized carbons (Fsp3) is 0.385. The molecule has 0 unspecified atom stereocenters. The molecule has 1 atom stereocenters. The molecule has 0 aliphatic heterocycles. The van der Waals surface area contributed by atoms with E-state index in [2.05, 4.69) is 9.47 Å². The summed E-state index contributed by atoms with van der Waals surface area (Å²) in [4.78, 5) is 33.4. The smallest absolute Gasteiger partial charge is 0.356 e. The van der Waals surface area contributed by atoms with Crippen molar-refractivity contribution in [3.8, 4) is 0 Å². The van der Waals surface area contributed by atoms with Crippen LogP contribution in [0.4, 0.5) is 4.39 Å². The summed E-state index contributed by atoms with van der Waals surface area (Å²) in [6, 6.07) is 7.40. The Kier molecular flexibility index (Phi) is 5.34. The summed E-state index contributed by atoms with van der Waals surface area (Å²) < 4.78 is 23.6. The van der Waals surface area contributed by atoms with Crippen molar-refractivity contribution in [3.63, 3.8) is 0 Å². The zero-order chi connectivity index (χ0) is 16.0. The Morgan fingerprint density at radius 3 is 2.10 bits per heavy atom. The van der Waals surface area contributed by atoms with Crippen LogP contribution in [0.3, 0.4) is 0 Å². The molecule has 0 heterocycles. The fourth-order valence-corrected chi connectivity index (χ4v) is 1.96. The summed E-state index contributed by atoms with van der Waals surface area (Å²) in [5.74, 6) is -4.73. The highest BCUT2D eigenvalue weighted by Gasteiger charge is 2.58. The number of methoxy groups -OCH3 is 2. The van der Waals surface area contributed by atoms with E-state index in [9.17, 15) is 19.7 Å². The maximum absolute atomic E-state index is 15.0. The predicted octanol–water partition coefficient (Wildman–Crippen LogP) is 1.10. The third-order valence-corrected chi connectivity index (χ3v) is 2.98. The molecule has 0 fully saturated rings. The summed E-state index contributed by atoms with van der Waals surface area (Å²) in [5.41, 5.74) is -3.18. The molecule has 0 aromatic heterocycles. The molecule has 0 spiro atoms. The molecule has 0 aliphatic carbocycles. The van der Waals surface area contributed by atoms with Crippen molar-refractivity contribution >= 4 is 11.9 Å². The van der Waals surface area contributed by atoms with Crippen molar-refractivity contribution in [3.05, 3.63) is 46.0 Å². The summed E-state index contributed by atoms with van der Waals surface area (Å²) in [7, 11) is 1.77. The Balaban J connectivity index is 3.41. The van der Waals surface area contributed by atoms with E-state index in [0.29, 0.717) is 0 Å². The number of alkyl halides is 1. The quantitative estimate of drug-likeness (QED) is 0.338.